The molecule has 0 aliphatic rings. The van der Waals surface area contributed by atoms with Crippen molar-refractivity contribution in [1.82, 2.24) is 0 Å². The van der Waals surface area contributed by atoms with Crippen LogP contribution >= 0.6 is 0 Å². The standard InChI is InChI=1S/C7H15NO2S/c1-7(8,6(9)10)4-5-11(2)3/h4-5,8H2,1-3H3/p+1. The molecule has 0 aliphatic carbocycles. The molecular formula is C7H16NO2S+. The van der Waals surface area contributed by atoms with Gasteiger partial charge in [0, 0.05) is 6.42 Å². The molecule has 0 spiro atoms. The van der Waals surface area contributed by atoms with Crippen molar-refractivity contribution in [3.8, 4) is 0 Å². The van der Waals surface area contributed by atoms with E-state index in [9.17, 15) is 4.79 Å². The summed E-state index contributed by atoms with van der Waals surface area (Å²) in [7, 11) is 0.278. The molecule has 0 amide bonds. The van der Waals surface area contributed by atoms with Crippen LogP contribution in [0.25, 0.3) is 0 Å². The summed E-state index contributed by atoms with van der Waals surface area (Å²) >= 11 is 0. The lowest BCUT2D eigenvalue weighted by Gasteiger charge is -2.17. The number of nitrogens with two attached hydrogens (primary N) is 1. The molecular weight excluding hydrogens is 162 g/mol. The second-order valence-electron chi connectivity index (χ2n) is 3.16. The zero-order valence-corrected chi connectivity index (χ0v) is 8.07. The van der Waals surface area contributed by atoms with Gasteiger partial charge in [-0.1, -0.05) is 0 Å². The van der Waals surface area contributed by atoms with Gasteiger partial charge in [0.2, 0.25) is 0 Å². The summed E-state index contributed by atoms with van der Waals surface area (Å²) in [6.45, 7) is 1.56. The highest BCUT2D eigenvalue weighted by Gasteiger charge is 2.29. The lowest BCUT2D eigenvalue weighted by molar-refractivity contribution is -0.142. The van der Waals surface area contributed by atoms with Crippen molar-refractivity contribution in [2.75, 3.05) is 18.3 Å². The van der Waals surface area contributed by atoms with E-state index >= 15 is 0 Å². The van der Waals surface area contributed by atoms with Crippen LogP contribution in [0.4, 0.5) is 0 Å². The molecule has 0 saturated heterocycles. The first-order valence-corrected chi connectivity index (χ1v) is 5.64. The van der Waals surface area contributed by atoms with E-state index in [0.717, 1.165) is 5.75 Å². The lowest BCUT2D eigenvalue weighted by Crippen LogP contribution is -2.46. The molecule has 0 rings (SSSR count). The fourth-order valence-electron chi connectivity index (χ4n) is 0.523. The van der Waals surface area contributed by atoms with Crippen LogP contribution < -0.4 is 5.73 Å². The predicted molar refractivity (Wildman–Crippen MR) is 48.9 cm³/mol. The van der Waals surface area contributed by atoms with Crippen LogP contribution in [0.5, 0.6) is 0 Å². The monoisotopic (exact) mass is 178 g/mol. The maximum Gasteiger partial charge on any atom is 0.323 e. The third kappa shape index (κ3) is 4.27. The van der Waals surface area contributed by atoms with E-state index in [1.165, 1.54) is 0 Å². The van der Waals surface area contributed by atoms with Crippen molar-refractivity contribution in [2.24, 2.45) is 5.73 Å². The number of aliphatic carboxylic acids is 1. The molecule has 4 heteroatoms. The number of carboxylic acid groups (broad SMARTS) is 1. The molecule has 0 saturated carbocycles. The Hall–Kier alpha value is -0.220. The molecule has 0 bridgehead atoms. The van der Waals surface area contributed by atoms with Crippen LogP contribution in [0.15, 0.2) is 0 Å². The van der Waals surface area contributed by atoms with Gasteiger partial charge >= 0.3 is 5.97 Å². The van der Waals surface area contributed by atoms with E-state index in [0.29, 0.717) is 6.42 Å². The molecule has 1 atom stereocenters. The number of rotatable bonds is 4. The van der Waals surface area contributed by atoms with E-state index < -0.39 is 11.5 Å². The van der Waals surface area contributed by atoms with Gasteiger partial charge in [0.1, 0.15) is 11.3 Å². The lowest BCUT2D eigenvalue weighted by atomic mass is 10.0. The molecule has 0 radical (unpaired) electrons. The third-order valence-electron chi connectivity index (χ3n) is 1.52. The highest BCUT2D eigenvalue weighted by Crippen LogP contribution is 2.07. The molecule has 11 heavy (non-hydrogen) atoms. The van der Waals surface area contributed by atoms with Gasteiger partial charge in [-0.05, 0) is 17.8 Å². The normalized spacial score (nSPS) is 16.5. The first-order valence-electron chi connectivity index (χ1n) is 3.43. The Morgan fingerprint density at radius 3 is 2.36 bits per heavy atom. The number of carbonyl (C=O) groups is 1. The quantitative estimate of drug-likeness (QED) is 0.598. The first kappa shape index (κ1) is 10.8. The maximum atomic E-state index is 10.5. The van der Waals surface area contributed by atoms with Gasteiger partial charge in [0.05, 0.1) is 12.5 Å². The molecule has 66 valence electrons. The molecule has 3 N–H and O–H groups in total. The molecule has 0 fully saturated rings. The minimum absolute atomic E-state index is 0.278. The van der Waals surface area contributed by atoms with Crippen LogP contribution in [-0.4, -0.2) is 34.9 Å². The van der Waals surface area contributed by atoms with Crippen LogP contribution in [0.1, 0.15) is 13.3 Å². The summed E-state index contributed by atoms with van der Waals surface area (Å²) in [5.41, 5.74) is 4.47. The first-order chi connectivity index (χ1) is 4.86. The smallest absolute Gasteiger partial charge is 0.323 e. The maximum absolute atomic E-state index is 10.5. The van der Waals surface area contributed by atoms with Crippen molar-refractivity contribution in [2.45, 2.75) is 18.9 Å². The predicted octanol–water partition coefficient (Wildman–Crippen LogP) is 0.0564. The van der Waals surface area contributed by atoms with Crippen molar-refractivity contribution in [3.63, 3.8) is 0 Å². The highest BCUT2D eigenvalue weighted by atomic mass is 32.2. The van der Waals surface area contributed by atoms with Gasteiger partial charge in [-0.25, -0.2) is 0 Å². The Bertz CT molecular complexity index is 145. The average Bonchev–Trinajstić information content (AvgIpc) is 1.84. The van der Waals surface area contributed by atoms with Gasteiger partial charge in [0.15, 0.2) is 0 Å². The number of hydrogen-bond donors (Lipinski definition) is 2. The van der Waals surface area contributed by atoms with Gasteiger partial charge in [-0.3, -0.25) is 4.79 Å². The minimum atomic E-state index is -1.04. The zero-order chi connectivity index (χ0) is 9.07. The second kappa shape index (κ2) is 3.97. The highest BCUT2D eigenvalue weighted by molar-refractivity contribution is 7.95. The van der Waals surface area contributed by atoms with Gasteiger partial charge in [0.25, 0.3) is 0 Å². The van der Waals surface area contributed by atoms with E-state index in [2.05, 4.69) is 12.5 Å². The van der Waals surface area contributed by atoms with Crippen molar-refractivity contribution >= 4 is 16.9 Å². The van der Waals surface area contributed by atoms with Gasteiger partial charge in [-0.15, -0.1) is 0 Å². The summed E-state index contributed by atoms with van der Waals surface area (Å²) in [5, 5.41) is 8.63. The largest absolute Gasteiger partial charge is 0.480 e. The molecule has 1 unspecified atom stereocenters. The van der Waals surface area contributed by atoms with Crippen LogP contribution in [0.2, 0.25) is 0 Å². The third-order valence-corrected chi connectivity index (χ3v) is 2.54. The molecule has 0 aromatic heterocycles. The summed E-state index contributed by atoms with van der Waals surface area (Å²) < 4.78 is 0. The summed E-state index contributed by atoms with van der Waals surface area (Å²) in [6.07, 6.45) is 4.72. The van der Waals surface area contributed by atoms with E-state index in [1.54, 1.807) is 6.92 Å². The van der Waals surface area contributed by atoms with E-state index in [1.807, 2.05) is 0 Å². The molecule has 0 aromatic rings. The fourth-order valence-corrected chi connectivity index (χ4v) is 1.36. The number of carboxylic acids is 1. The Labute approximate surface area is 70.3 Å². The summed E-state index contributed by atoms with van der Waals surface area (Å²) in [6, 6.07) is 0. The minimum Gasteiger partial charge on any atom is -0.480 e. The molecule has 0 heterocycles. The Kier molecular flexibility index (Phi) is 3.89. The second-order valence-corrected chi connectivity index (χ2v) is 5.54. The van der Waals surface area contributed by atoms with Gasteiger partial charge < -0.3 is 10.8 Å². The van der Waals surface area contributed by atoms with Crippen molar-refractivity contribution < 1.29 is 9.90 Å². The number of hydrogen-bond acceptors (Lipinski definition) is 2. The fraction of sp³-hybridized carbons (Fsp3) is 0.857. The Morgan fingerprint density at radius 1 is 1.64 bits per heavy atom. The van der Waals surface area contributed by atoms with Crippen LogP contribution in [-0.2, 0) is 15.7 Å². The van der Waals surface area contributed by atoms with E-state index in [-0.39, 0.29) is 10.9 Å². The molecule has 3 nitrogen and oxygen atoms in total. The topological polar surface area (TPSA) is 63.3 Å². The average molecular weight is 178 g/mol. The Morgan fingerprint density at radius 2 is 2.09 bits per heavy atom. The van der Waals surface area contributed by atoms with Crippen molar-refractivity contribution in [3.05, 3.63) is 0 Å². The van der Waals surface area contributed by atoms with E-state index in [4.69, 9.17) is 10.8 Å². The zero-order valence-electron chi connectivity index (χ0n) is 7.26. The summed E-state index contributed by atoms with van der Waals surface area (Å²) in [4.78, 5) is 10.5. The summed E-state index contributed by atoms with van der Waals surface area (Å²) in [5.74, 6) is -0.0257. The van der Waals surface area contributed by atoms with Crippen molar-refractivity contribution in [1.29, 1.82) is 0 Å². The Balaban J connectivity index is 3.83. The SMILES string of the molecule is C[S+](C)CCC(C)(N)C(=O)O. The van der Waals surface area contributed by atoms with Gasteiger partial charge in [-0.2, -0.15) is 0 Å². The van der Waals surface area contributed by atoms with Crippen LogP contribution in [0.3, 0.4) is 0 Å². The molecule has 0 aliphatic heterocycles. The molecule has 0 aromatic carbocycles. The van der Waals surface area contributed by atoms with Crippen LogP contribution in [0, 0.1) is 0 Å².